The normalized spacial score (nSPS) is 23.6. The van der Waals surface area contributed by atoms with E-state index < -0.39 is 32.2 Å². The minimum absolute atomic E-state index is 0.161. The fraction of sp³-hybridized carbons (Fsp3) is 0.688. The molecule has 2 aliphatic rings. The highest BCUT2D eigenvalue weighted by Crippen LogP contribution is 2.28. The number of rotatable bonds is 5. The number of sulfonamides is 1. The number of carbonyl (C=O) groups is 1. The first kappa shape index (κ1) is 20.7. The Morgan fingerprint density at radius 3 is 2.30 bits per heavy atom. The van der Waals surface area contributed by atoms with Crippen LogP contribution in [0.5, 0.6) is 0 Å². The first-order valence-corrected chi connectivity index (χ1v) is 13.0. The van der Waals surface area contributed by atoms with Gasteiger partial charge in [-0.25, -0.2) is 13.1 Å². The lowest BCUT2D eigenvalue weighted by Gasteiger charge is -2.26. The van der Waals surface area contributed by atoms with Crippen molar-refractivity contribution >= 4 is 37.5 Å². The molecule has 0 spiro atoms. The first-order valence-electron chi connectivity index (χ1n) is 9.19. The van der Waals surface area contributed by atoms with Crippen LogP contribution in [0.1, 0.15) is 44.9 Å². The molecule has 2 saturated heterocycles. The predicted octanol–water partition coefficient (Wildman–Crippen LogP) is 1.53. The molecule has 2 fully saturated rings. The van der Waals surface area contributed by atoms with Gasteiger partial charge in [-0.1, -0.05) is 25.3 Å². The molecule has 0 bridgehead atoms. The Bertz CT molecular complexity index is 844. The van der Waals surface area contributed by atoms with E-state index >= 15 is 0 Å². The lowest BCUT2D eigenvalue weighted by molar-refractivity contribution is -0.122. The minimum atomic E-state index is -3.97. The summed E-state index contributed by atoms with van der Waals surface area (Å²) in [5.41, 5.74) is 0. The molecular weight excluding hydrogens is 410 g/mol. The van der Waals surface area contributed by atoms with Gasteiger partial charge in [-0.3, -0.25) is 4.79 Å². The number of hydrogen-bond donors (Lipinski definition) is 1. The van der Waals surface area contributed by atoms with Crippen LogP contribution in [0.4, 0.5) is 0 Å². The van der Waals surface area contributed by atoms with E-state index in [0.717, 1.165) is 47.7 Å². The monoisotopic (exact) mass is 435 g/mol. The van der Waals surface area contributed by atoms with Crippen molar-refractivity contribution in [2.75, 3.05) is 19.6 Å². The molecule has 2 aliphatic heterocycles. The summed E-state index contributed by atoms with van der Waals surface area (Å²) in [4.78, 5) is 12.7. The molecule has 1 unspecified atom stereocenters. The van der Waals surface area contributed by atoms with Crippen LogP contribution in [0.3, 0.4) is 0 Å². The van der Waals surface area contributed by atoms with Gasteiger partial charge in [0.2, 0.25) is 0 Å². The summed E-state index contributed by atoms with van der Waals surface area (Å²) in [6.07, 6.45) is 5.38. The van der Waals surface area contributed by atoms with E-state index in [-0.39, 0.29) is 10.8 Å². The summed E-state index contributed by atoms with van der Waals surface area (Å²) in [6.45, 7) is 0.969. The zero-order chi connectivity index (χ0) is 19.5. The van der Waals surface area contributed by atoms with Crippen molar-refractivity contribution in [2.24, 2.45) is 0 Å². The van der Waals surface area contributed by atoms with Crippen LogP contribution < -0.4 is 4.72 Å². The smallest absolute Gasteiger partial charge is 0.272 e. The van der Waals surface area contributed by atoms with Crippen molar-refractivity contribution < 1.29 is 21.6 Å². The third-order valence-corrected chi connectivity index (χ3v) is 9.73. The Balaban J connectivity index is 1.72. The molecular formula is C16H25N3O5S3. The standard InChI is InChI=1S/C16H25N3O5S3/c20-16(17-27(23,24)18-10-4-2-1-3-5-11-18)14-8-6-12-19(14)26(21,22)15-9-7-13-25-15/h7,9,13-14H,1-6,8,10-12H2,(H,17,20). The second kappa shape index (κ2) is 8.56. The van der Waals surface area contributed by atoms with Crippen LogP contribution in [0, 0.1) is 0 Å². The molecule has 1 atom stereocenters. The fourth-order valence-corrected chi connectivity index (χ4v) is 7.57. The van der Waals surface area contributed by atoms with Gasteiger partial charge < -0.3 is 0 Å². The molecule has 0 aromatic carbocycles. The molecule has 1 aromatic heterocycles. The summed E-state index contributed by atoms with van der Waals surface area (Å²) in [5, 5.41) is 1.66. The molecule has 0 radical (unpaired) electrons. The van der Waals surface area contributed by atoms with Crippen molar-refractivity contribution in [1.82, 2.24) is 13.3 Å². The van der Waals surface area contributed by atoms with Crippen molar-refractivity contribution in [3.8, 4) is 0 Å². The first-order chi connectivity index (χ1) is 12.8. The van der Waals surface area contributed by atoms with E-state index in [1.54, 1.807) is 11.4 Å². The lowest BCUT2D eigenvalue weighted by Crippen LogP contribution is -2.51. The molecule has 11 heteroatoms. The van der Waals surface area contributed by atoms with E-state index in [4.69, 9.17) is 0 Å². The third kappa shape index (κ3) is 4.70. The average molecular weight is 436 g/mol. The molecule has 152 valence electrons. The van der Waals surface area contributed by atoms with Crippen molar-refractivity contribution in [3.63, 3.8) is 0 Å². The predicted molar refractivity (Wildman–Crippen MR) is 103 cm³/mol. The molecule has 1 aromatic rings. The van der Waals surface area contributed by atoms with Gasteiger partial charge in [0.1, 0.15) is 10.3 Å². The van der Waals surface area contributed by atoms with Crippen LogP contribution in [0.2, 0.25) is 0 Å². The summed E-state index contributed by atoms with van der Waals surface area (Å²) in [6, 6.07) is 2.13. The summed E-state index contributed by atoms with van der Waals surface area (Å²) >= 11 is 1.08. The zero-order valence-electron chi connectivity index (χ0n) is 15.0. The van der Waals surface area contributed by atoms with E-state index in [9.17, 15) is 21.6 Å². The van der Waals surface area contributed by atoms with Gasteiger partial charge in [0.25, 0.3) is 15.9 Å². The van der Waals surface area contributed by atoms with Crippen LogP contribution in [0.25, 0.3) is 0 Å². The lowest BCUT2D eigenvalue weighted by atomic mass is 10.1. The molecule has 0 aliphatic carbocycles. The van der Waals surface area contributed by atoms with Gasteiger partial charge in [-0.05, 0) is 37.1 Å². The number of nitrogens with one attached hydrogen (secondary N) is 1. The Hall–Kier alpha value is -1.01. The molecule has 1 amide bonds. The molecule has 3 heterocycles. The number of nitrogens with zero attached hydrogens (tertiary/aromatic N) is 2. The van der Waals surface area contributed by atoms with E-state index in [2.05, 4.69) is 4.72 Å². The van der Waals surface area contributed by atoms with Gasteiger partial charge in [0.15, 0.2) is 0 Å². The fourth-order valence-electron chi connectivity index (χ4n) is 3.53. The number of carbonyl (C=O) groups excluding carboxylic acids is 1. The van der Waals surface area contributed by atoms with Gasteiger partial charge >= 0.3 is 10.2 Å². The molecule has 27 heavy (non-hydrogen) atoms. The van der Waals surface area contributed by atoms with Crippen LogP contribution in [0.15, 0.2) is 21.7 Å². The van der Waals surface area contributed by atoms with Crippen molar-refractivity contribution in [2.45, 2.75) is 55.2 Å². The second-order valence-electron chi connectivity index (χ2n) is 6.84. The Morgan fingerprint density at radius 2 is 1.67 bits per heavy atom. The van der Waals surface area contributed by atoms with Gasteiger partial charge in [-0.2, -0.15) is 17.0 Å². The SMILES string of the molecule is O=C(NS(=O)(=O)N1CCCCCCC1)C1CCCN1S(=O)(=O)c1cccs1. The third-order valence-electron chi connectivity index (χ3n) is 4.95. The highest BCUT2D eigenvalue weighted by Gasteiger charge is 2.41. The van der Waals surface area contributed by atoms with Gasteiger partial charge in [0.05, 0.1) is 0 Å². The molecule has 1 N–H and O–H groups in total. The highest BCUT2D eigenvalue weighted by atomic mass is 32.2. The molecule has 8 nitrogen and oxygen atoms in total. The quantitative estimate of drug-likeness (QED) is 0.755. The molecule has 0 saturated carbocycles. The number of hydrogen-bond acceptors (Lipinski definition) is 6. The summed E-state index contributed by atoms with van der Waals surface area (Å²) < 4.78 is 55.5. The van der Waals surface area contributed by atoms with Gasteiger partial charge in [-0.15, -0.1) is 11.3 Å². The second-order valence-corrected chi connectivity index (χ2v) is 11.6. The van der Waals surface area contributed by atoms with E-state index in [0.29, 0.717) is 25.9 Å². The maximum atomic E-state index is 12.8. The molecule has 3 rings (SSSR count). The number of amides is 1. The van der Waals surface area contributed by atoms with Crippen LogP contribution in [-0.4, -0.2) is 57.0 Å². The topological polar surface area (TPSA) is 104 Å². The van der Waals surface area contributed by atoms with Crippen molar-refractivity contribution in [1.29, 1.82) is 0 Å². The Labute approximate surface area is 164 Å². The Morgan fingerprint density at radius 1 is 1.00 bits per heavy atom. The minimum Gasteiger partial charge on any atom is -0.272 e. The summed E-state index contributed by atoms with van der Waals surface area (Å²) in [5.74, 6) is -0.769. The van der Waals surface area contributed by atoms with E-state index in [1.165, 1.54) is 10.4 Å². The zero-order valence-corrected chi connectivity index (χ0v) is 17.5. The largest absolute Gasteiger partial charge is 0.303 e. The maximum Gasteiger partial charge on any atom is 0.303 e. The van der Waals surface area contributed by atoms with Crippen LogP contribution in [-0.2, 0) is 25.0 Å². The van der Waals surface area contributed by atoms with Gasteiger partial charge in [0, 0.05) is 19.6 Å². The van der Waals surface area contributed by atoms with Crippen molar-refractivity contribution in [3.05, 3.63) is 17.5 Å². The maximum absolute atomic E-state index is 12.8. The summed E-state index contributed by atoms with van der Waals surface area (Å²) in [7, 11) is -7.77. The Kier molecular flexibility index (Phi) is 6.57. The average Bonchev–Trinajstić information content (AvgIpc) is 3.26. The van der Waals surface area contributed by atoms with Crippen LogP contribution >= 0.6 is 11.3 Å². The van der Waals surface area contributed by atoms with E-state index in [1.807, 2.05) is 0 Å². The number of thiophene rings is 1. The highest BCUT2D eigenvalue weighted by molar-refractivity contribution is 7.91.